The summed E-state index contributed by atoms with van der Waals surface area (Å²) in [5, 5.41) is 15.4. The third kappa shape index (κ3) is 3.51. The number of fused-ring (bicyclic) bond motifs is 2. The predicted octanol–water partition coefficient (Wildman–Crippen LogP) is 4.87. The predicted molar refractivity (Wildman–Crippen MR) is 134 cm³/mol. The fraction of sp³-hybridized carbons (Fsp3) is 0.160. The largest absolute Gasteiger partial charge is 0.325 e. The number of hydrogen-bond donors (Lipinski definition) is 1. The second-order valence-corrected chi connectivity index (χ2v) is 9.00. The number of aryl methyl sites for hydroxylation is 2. The molecule has 0 atom stereocenters. The lowest BCUT2D eigenvalue weighted by Crippen LogP contribution is -2.25. The molecule has 35 heavy (non-hydrogen) atoms. The Bertz CT molecular complexity index is 1650. The van der Waals surface area contributed by atoms with Crippen LogP contribution in [0.2, 0.25) is 10.0 Å². The fourth-order valence-corrected chi connectivity index (χ4v) is 5.01. The topological polar surface area (TPSA) is 110 Å². The maximum absolute atomic E-state index is 15.9. The Balaban J connectivity index is 1.84. The second-order valence-electron chi connectivity index (χ2n) is 8.15. The molecule has 0 amide bonds. The maximum Gasteiger partial charge on any atom is 0.186 e. The van der Waals surface area contributed by atoms with Crippen LogP contribution >= 0.6 is 23.2 Å². The smallest absolute Gasteiger partial charge is 0.186 e. The zero-order valence-electron chi connectivity index (χ0n) is 18.7. The van der Waals surface area contributed by atoms with Gasteiger partial charge in [0, 0.05) is 47.4 Å². The van der Waals surface area contributed by atoms with Crippen molar-refractivity contribution < 1.29 is 9.18 Å². The summed E-state index contributed by atoms with van der Waals surface area (Å²) in [6.07, 6.45) is 2.98. The van der Waals surface area contributed by atoms with Crippen LogP contribution in [0.3, 0.4) is 0 Å². The molecule has 2 N–H and O–H groups in total. The van der Waals surface area contributed by atoms with E-state index in [-0.39, 0.29) is 40.6 Å². The Morgan fingerprint density at radius 2 is 1.97 bits per heavy atom. The molecule has 0 bridgehead atoms. The summed E-state index contributed by atoms with van der Waals surface area (Å²) >= 11 is 12.7. The number of hydrogen-bond acceptors (Lipinski definition) is 6. The van der Waals surface area contributed by atoms with Crippen molar-refractivity contribution >= 4 is 45.6 Å². The fourth-order valence-electron chi connectivity index (χ4n) is 4.53. The number of halogens is 3. The van der Waals surface area contributed by atoms with Gasteiger partial charge in [0.15, 0.2) is 5.78 Å². The van der Waals surface area contributed by atoms with Crippen LogP contribution in [0.25, 0.3) is 33.3 Å². The van der Waals surface area contributed by atoms with E-state index in [1.165, 1.54) is 10.9 Å². The van der Waals surface area contributed by atoms with Gasteiger partial charge in [0.2, 0.25) is 0 Å². The first-order valence-electron chi connectivity index (χ1n) is 10.6. The molecule has 5 rings (SSSR count). The van der Waals surface area contributed by atoms with Gasteiger partial charge in [-0.3, -0.25) is 19.5 Å². The quantitative estimate of drug-likeness (QED) is 0.426. The molecular formula is C25H17Cl2FN6O. The molecule has 7 nitrogen and oxygen atoms in total. The summed E-state index contributed by atoms with van der Waals surface area (Å²) in [7, 11) is 1.66. The number of rotatable bonds is 3. The van der Waals surface area contributed by atoms with E-state index in [9.17, 15) is 10.1 Å². The van der Waals surface area contributed by atoms with Crippen LogP contribution in [0.4, 0.5) is 4.39 Å². The number of carbonyl (C=O) groups excluding carboxylic acids is 1. The zero-order chi connectivity index (χ0) is 25.0. The molecule has 4 aromatic rings. The highest BCUT2D eigenvalue weighted by Crippen LogP contribution is 2.41. The van der Waals surface area contributed by atoms with Gasteiger partial charge in [-0.25, -0.2) is 4.39 Å². The van der Waals surface area contributed by atoms with Gasteiger partial charge >= 0.3 is 0 Å². The number of nitrogens with zero attached hydrogens (tertiary/aromatic N) is 5. The molecule has 0 radical (unpaired) electrons. The number of benzene rings is 2. The standard InChI is InChI=1S/C25H17Cl2FN6O/c1-11-23(28)22(16(6-29)14-5-13(26)8-32-24(11)14)25-17(9-33-34(25)2)12-3-15-19(7-30)31-10-20(35)21(15)18(27)4-12/h3-5,8-9H,7,10,30H2,1-2H3. The van der Waals surface area contributed by atoms with Crippen molar-refractivity contribution in [3.63, 3.8) is 0 Å². The summed E-state index contributed by atoms with van der Waals surface area (Å²) < 4.78 is 17.4. The molecule has 0 fully saturated rings. The van der Waals surface area contributed by atoms with E-state index < -0.39 is 5.82 Å². The first-order chi connectivity index (χ1) is 16.8. The van der Waals surface area contributed by atoms with Gasteiger partial charge in [-0.05, 0) is 30.7 Å². The van der Waals surface area contributed by atoms with Crippen molar-refractivity contribution in [1.82, 2.24) is 14.8 Å². The molecule has 3 heterocycles. The van der Waals surface area contributed by atoms with Crippen LogP contribution in [-0.4, -0.2) is 39.3 Å². The molecule has 1 aliphatic heterocycles. The second kappa shape index (κ2) is 8.54. The van der Waals surface area contributed by atoms with E-state index >= 15 is 4.39 Å². The van der Waals surface area contributed by atoms with E-state index in [0.717, 1.165) is 0 Å². The Morgan fingerprint density at radius 3 is 2.69 bits per heavy atom. The Hall–Kier alpha value is -3.64. The van der Waals surface area contributed by atoms with Crippen molar-refractivity contribution in [1.29, 1.82) is 5.26 Å². The number of Topliss-reactive ketones (excluding diaryl/α,β-unsaturated/α-hetero) is 1. The molecule has 1 aliphatic rings. The highest BCUT2D eigenvalue weighted by atomic mass is 35.5. The summed E-state index contributed by atoms with van der Waals surface area (Å²) in [5.41, 5.74) is 9.60. The minimum Gasteiger partial charge on any atom is -0.325 e. The number of nitriles is 1. The van der Waals surface area contributed by atoms with Crippen LogP contribution in [0.15, 0.2) is 35.6 Å². The van der Waals surface area contributed by atoms with Gasteiger partial charge in [-0.1, -0.05) is 23.2 Å². The molecule has 174 valence electrons. The van der Waals surface area contributed by atoms with Gasteiger partial charge in [0.25, 0.3) is 0 Å². The van der Waals surface area contributed by atoms with Gasteiger partial charge < -0.3 is 5.73 Å². The van der Waals surface area contributed by atoms with E-state index in [1.54, 1.807) is 38.4 Å². The highest BCUT2D eigenvalue weighted by Gasteiger charge is 2.28. The Morgan fingerprint density at radius 1 is 1.20 bits per heavy atom. The Labute approximate surface area is 209 Å². The monoisotopic (exact) mass is 506 g/mol. The molecular weight excluding hydrogens is 490 g/mol. The summed E-state index contributed by atoms with van der Waals surface area (Å²) in [6, 6.07) is 7.11. The minimum absolute atomic E-state index is 0.0134. The molecule has 0 aliphatic carbocycles. The van der Waals surface area contributed by atoms with Gasteiger partial charge in [-0.15, -0.1) is 0 Å². The lowest BCUT2D eigenvalue weighted by molar-refractivity contribution is 0.100. The van der Waals surface area contributed by atoms with Crippen LogP contribution in [0.5, 0.6) is 0 Å². The van der Waals surface area contributed by atoms with Crippen LogP contribution in [0.1, 0.15) is 27.0 Å². The first kappa shape index (κ1) is 23.1. The average Bonchev–Trinajstić information content (AvgIpc) is 3.21. The van der Waals surface area contributed by atoms with Crippen molar-refractivity contribution in [3.05, 3.63) is 68.7 Å². The van der Waals surface area contributed by atoms with Gasteiger partial charge in [-0.2, -0.15) is 10.4 Å². The van der Waals surface area contributed by atoms with Crippen molar-refractivity contribution in [2.45, 2.75) is 6.92 Å². The summed E-state index contributed by atoms with van der Waals surface area (Å²) in [6.45, 7) is 1.72. The number of aliphatic imine (C=N–C) groups is 1. The van der Waals surface area contributed by atoms with Gasteiger partial charge in [0.1, 0.15) is 18.4 Å². The third-order valence-corrected chi connectivity index (χ3v) is 6.67. The van der Waals surface area contributed by atoms with E-state index in [1.807, 2.05) is 0 Å². The lowest BCUT2D eigenvalue weighted by atomic mass is 9.89. The normalized spacial score (nSPS) is 13.1. The molecule has 0 spiro atoms. The molecule has 0 unspecified atom stereocenters. The molecule has 0 saturated heterocycles. The van der Waals surface area contributed by atoms with Gasteiger partial charge in [0.05, 0.1) is 44.3 Å². The summed E-state index contributed by atoms with van der Waals surface area (Å²) in [4.78, 5) is 21.0. The Kier molecular flexibility index (Phi) is 5.64. The molecule has 0 saturated carbocycles. The first-order valence-corrected chi connectivity index (χ1v) is 11.3. The molecule has 2 aromatic heterocycles. The van der Waals surface area contributed by atoms with Crippen LogP contribution in [0, 0.1) is 24.1 Å². The van der Waals surface area contributed by atoms with Crippen molar-refractivity contribution in [3.8, 4) is 28.5 Å². The van der Waals surface area contributed by atoms with E-state index in [4.69, 9.17) is 28.9 Å². The number of pyridine rings is 1. The molecule has 10 heteroatoms. The summed E-state index contributed by atoms with van der Waals surface area (Å²) in [5.74, 6) is -0.787. The average molecular weight is 507 g/mol. The SMILES string of the molecule is Cc1c(F)c(-c2c(-c3cc(Cl)c4c(c3)C(CN)=NCC4=O)cnn2C)c(C#N)c2cc(Cl)cnc12. The number of nitrogens with two attached hydrogens (primary N) is 1. The van der Waals surface area contributed by atoms with E-state index in [0.29, 0.717) is 49.6 Å². The third-order valence-electron chi connectivity index (χ3n) is 6.16. The van der Waals surface area contributed by atoms with Crippen LogP contribution < -0.4 is 5.73 Å². The number of aromatic nitrogens is 3. The number of ketones is 1. The minimum atomic E-state index is -0.586. The van der Waals surface area contributed by atoms with E-state index in [2.05, 4.69) is 21.1 Å². The molecule has 2 aromatic carbocycles. The van der Waals surface area contributed by atoms with Crippen molar-refractivity contribution in [2.75, 3.05) is 13.1 Å². The van der Waals surface area contributed by atoms with Crippen molar-refractivity contribution in [2.24, 2.45) is 17.8 Å². The number of carbonyl (C=O) groups is 1. The lowest BCUT2D eigenvalue weighted by Gasteiger charge is -2.19. The van der Waals surface area contributed by atoms with Crippen LogP contribution in [-0.2, 0) is 7.05 Å². The zero-order valence-corrected chi connectivity index (χ0v) is 20.2. The maximum atomic E-state index is 15.9. The highest BCUT2D eigenvalue weighted by molar-refractivity contribution is 6.36.